The lowest BCUT2D eigenvalue weighted by Gasteiger charge is -2.27. The van der Waals surface area contributed by atoms with E-state index in [1.165, 1.54) is 6.92 Å². The summed E-state index contributed by atoms with van der Waals surface area (Å²) in [4.78, 5) is 35.7. The molecule has 7 heteroatoms. The number of ether oxygens (including phenoxy) is 4. The summed E-state index contributed by atoms with van der Waals surface area (Å²) >= 11 is 0. The zero-order valence-corrected chi connectivity index (χ0v) is 13.5. The first-order chi connectivity index (χ1) is 13.6. The van der Waals surface area contributed by atoms with Gasteiger partial charge in [-0.1, -0.05) is 0 Å². The summed E-state index contributed by atoms with van der Waals surface area (Å²) in [6, 6.07) is 0.949. The molecule has 0 spiro atoms. The molecule has 24 heavy (non-hydrogen) atoms. The van der Waals surface area contributed by atoms with Crippen molar-refractivity contribution in [1.82, 2.24) is 0 Å². The molecule has 2 rings (SSSR count). The highest BCUT2D eigenvalue weighted by Crippen LogP contribution is 2.43. The molecular weight excluding hydrogens is 316 g/mol. The fourth-order valence-corrected chi connectivity index (χ4v) is 2.07. The van der Waals surface area contributed by atoms with Crippen LogP contribution in [-0.2, 0) is 20.7 Å². The second kappa shape index (κ2) is 7.33. The highest BCUT2D eigenvalue weighted by Gasteiger charge is 2.32. The van der Waals surface area contributed by atoms with Gasteiger partial charge in [-0.2, -0.15) is 0 Å². The van der Waals surface area contributed by atoms with Crippen molar-refractivity contribution in [3.8, 4) is 17.2 Å². The third-order valence-corrected chi connectivity index (χ3v) is 2.91. The van der Waals surface area contributed by atoms with Crippen LogP contribution in [0.1, 0.15) is 51.3 Å². The number of fused-ring (bicyclic) bond motifs is 1. The zero-order valence-electron chi connectivity index (χ0n) is 19.5. The van der Waals surface area contributed by atoms with Gasteiger partial charge in [-0.05, 0) is 6.92 Å². The molecule has 1 heterocycles. The third kappa shape index (κ3) is 3.84. The van der Waals surface area contributed by atoms with E-state index in [1.807, 2.05) is 0 Å². The van der Waals surface area contributed by atoms with Crippen LogP contribution < -0.4 is 14.2 Å². The number of esters is 2. The van der Waals surface area contributed by atoms with Crippen LogP contribution in [0.25, 0.3) is 0 Å². The second-order valence-corrected chi connectivity index (χ2v) is 4.80. The minimum absolute atomic E-state index is 0.269. The number of rotatable bonds is 5. The normalized spacial score (nSPS) is 23.0. The molecule has 1 aromatic rings. The van der Waals surface area contributed by atoms with Crippen molar-refractivity contribution in [2.45, 2.75) is 39.6 Å². The van der Waals surface area contributed by atoms with Crippen molar-refractivity contribution < 1.29 is 41.6 Å². The Balaban J connectivity index is 2.94. The molecule has 1 aliphatic heterocycles. The molecule has 130 valence electrons. The molecule has 0 amide bonds. The topological polar surface area (TPSA) is 88.1 Å². The molecule has 0 bridgehead atoms. The molecule has 0 aromatic heterocycles. The van der Waals surface area contributed by atoms with Crippen LogP contribution >= 0.6 is 0 Å². The number of hydrogen-bond donors (Lipinski definition) is 0. The quantitative estimate of drug-likeness (QED) is 0.598. The summed E-state index contributed by atoms with van der Waals surface area (Å²) in [6.45, 7) is -0.158. The molecule has 0 aliphatic carbocycles. The molecule has 0 saturated heterocycles. The van der Waals surface area contributed by atoms with E-state index >= 15 is 0 Å². The number of hydrogen-bond acceptors (Lipinski definition) is 7. The van der Waals surface area contributed by atoms with Gasteiger partial charge in [0.25, 0.3) is 0 Å². The van der Waals surface area contributed by atoms with Crippen molar-refractivity contribution >= 4 is 17.7 Å². The van der Waals surface area contributed by atoms with Gasteiger partial charge in [0.1, 0.15) is 28.9 Å². The Morgan fingerprint density at radius 2 is 2.08 bits per heavy atom. The summed E-state index contributed by atoms with van der Waals surface area (Å²) in [7, 11) is 1.15. The first kappa shape index (κ1) is 11.1. The van der Waals surface area contributed by atoms with Crippen LogP contribution in [0.3, 0.4) is 0 Å². The Labute approximate surface area is 148 Å². The number of benzene rings is 1. The van der Waals surface area contributed by atoms with Gasteiger partial charge in [-0.3, -0.25) is 14.4 Å². The van der Waals surface area contributed by atoms with Gasteiger partial charge >= 0.3 is 11.9 Å². The summed E-state index contributed by atoms with van der Waals surface area (Å²) in [5, 5.41) is 0. The fourth-order valence-electron chi connectivity index (χ4n) is 2.07. The Kier molecular flexibility index (Phi) is 3.38. The van der Waals surface area contributed by atoms with Crippen LogP contribution in [0, 0.1) is 0 Å². The minimum atomic E-state index is -3.28. The Morgan fingerprint density at radius 3 is 2.67 bits per heavy atom. The zero-order chi connectivity index (χ0) is 23.2. The van der Waals surface area contributed by atoms with Crippen molar-refractivity contribution in [1.29, 1.82) is 0 Å². The van der Waals surface area contributed by atoms with Gasteiger partial charge in [0.2, 0.25) is 0 Å². The third-order valence-electron chi connectivity index (χ3n) is 2.91. The maximum Gasteiger partial charge on any atom is 0.308 e. The summed E-state index contributed by atoms with van der Waals surface area (Å²) in [6.07, 6.45) is -7.09. The smallest absolute Gasteiger partial charge is 0.308 e. The first-order valence-corrected chi connectivity index (χ1v) is 6.92. The first-order valence-electron chi connectivity index (χ1n) is 9.92. The summed E-state index contributed by atoms with van der Waals surface area (Å²) in [5.74, 6) is -4.49. The Hall–Kier alpha value is -2.57. The lowest BCUT2D eigenvalue weighted by atomic mass is 9.95. The van der Waals surface area contributed by atoms with E-state index in [2.05, 4.69) is 4.74 Å². The minimum Gasteiger partial charge on any atom is -0.496 e. The number of Topliss-reactive ketones (excluding diaryl/α,β-unsaturated/α-hetero) is 1. The second-order valence-electron chi connectivity index (χ2n) is 4.80. The maximum atomic E-state index is 12.8. The number of carbonyl (C=O) groups excluding carboxylic acids is 3. The van der Waals surface area contributed by atoms with Crippen LogP contribution in [0.2, 0.25) is 0 Å². The van der Waals surface area contributed by atoms with Gasteiger partial charge in [-0.15, -0.1) is 0 Å². The molecule has 1 aromatic carbocycles. The van der Waals surface area contributed by atoms with Gasteiger partial charge in [0.05, 0.1) is 16.4 Å². The molecule has 1 atom stereocenters. The standard InChI is InChI=1S/C17H20O7/c1-9-7-13(20)16-15(21-4)8-14(24-11(3)19)12(17(16)23-9)5-6-22-10(2)18/h8-9H,5-7H2,1-4H3/t9-/m1/s1/i5D2,6D2,7D2. The van der Waals surface area contributed by atoms with Crippen LogP contribution in [0.5, 0.6) is 17.2 Å². The van der Waals surface area contributed by atoms with Crippen LogP contribution in [-0.4, -0.2) is 37.5 Å². The summed E-state index contributed by atoms with van der Waals surface area (Å²) < 4.78 is 68.6. The number of carbonyl (C=O) groups is 3. The predicted molar refractivity (Wildman–Crippen MR) is 83.7 cm³/mol. The van der Waals surface area contributed by atoms with E-state index in [9.17, 15) is 14.4 Å². The van der Waals surface area contributed by atoms with Crippen molar-refractivity contribution in [2.75, 3.05) is 13.7 Å². The van der Waals surface area contributed by atoms with Crippen molar-refractivity contribution in [2.24, 2.45) is 0 Å². The summed E-state index contributed by atoms with van der Waals surface area (Å²) in [5.41, 5.74) is -1.23. The maximum absolute atomic E-state index is 12.8. The van der Waals surface area contributed by atoms with E-state index in [0.717, 1.165) is 27.0 Å². The van der Waals surface area contributed by atoms with E-state index < -0.39 is 65.8 Å². The highest BCUT2D eigenvalue weighted by atomic mass is 16.5. The lowest BCUT2D eigenvalue weighted by molar-refractivity contribution is -0.141. The van der Waals surface area contributed by atoms with Crippen LogP contribution in [0.15, 0.2) is 6.07 Å². The molecular formula is C17H20O7. The lowest BCUT2D eigenvalue weighted by Crippen LogP contribution is -2.26. The Bertz CT molecular complexity index is 912. The molecule has 1 aliphatic rings. The average molecular weight is 342 g/mol. The fraction of sp³-hybridized carbons (Fsp3) is 0.471. The van der Waals surface area contributed by atoms with Gasteiger partial charge in [-0.25, -0.2) is 0 Å². The number of ketones is 1. The predicted octanol–water partition coefficient (Wildman–Crippen LogP) is 2.08. The van der Waals surface area contributed by atoms with E-state index in [4.69, 9.17) is 22.4 Å². The van der Waals surface area contributed by atoms with Crippen molar-refractivity contribution in [3.63, 3.8) is 0 Å². The molecule has 7 nitrogen and oxygen atoms in total. The molecule has 0 fully saturated rings. The molecule has 0 unspecified atom stereocenters. The van der Waals surface area contributed by atoms with Gasteiger partial charge in [0.15, 0.2) is 5.78 Å². The van der Waals surface area contributed by atoms with E-state index in [-0.39, 0.29) is 5.75 Å². The van der Waals surface area contributed by atoms with Gasteiger partial charge in [0, 0.05) is 43.7 Å². The van der Waals surface area contributed by atoms with E-state index in [0.29, 0.717) is 0 Å². The Morgan fingerprint density at radius 1 is 1.38 bits per heavy atom. The highest BCUT2D eigenvalue weighted by molar-refractivity contribution is 6.03. The van der Waals surface area contributed by atoms with Gasteiger partial charge < -0.3 is 18.9 Å². The van der Waals surface area contributed by atoms with Crippen molar-refractivity contribution in [3.05, 3.63) is 17.2 Å². The van der Waals surface area contributed by atoms with E-state index in [1.54, 1.807) is 0 Å². The average Bonchev–Trinajstić information content (AvgIpc) is 2.57. The number of methoxy groups -OCH3 is 1. The molecule has 0 radical (unpaired) electrons. The monoisotopic (exact) mass is 342 g/mol. The largest absolute Gasteiger partial charge is 0.496 e. The molecule has 0 saturated carbocycles. The van der Waals surface area contributed by atoms with Crippen LogP contribution in [0.4, 0.5) is 0 Å². The molecule has 0 N–H and O–H groups in total. The SMILES string of the molecule is [2H]C1([2H])C(=O)c2c(OC)cc(OC(C)=O)c(C([2H])([2H])C([2H])([2H])OC(C)=O)c2O[C@@H]1C.